The first-order valence-corrected chi connectivity index (χ1v) is 17.6. The minimum Gasteiger partial charge on any atom is -0.407 e. The van der Waals surface area contributed by atoms with Gasteiger partial charge in [0.2, 0.25) is 0 Å². The monoisotopic (exact) mass is 615 g/mol. The molecule has 0 radical (unpaired) electrons. The van der Waals surface area contributed by atoms with E-state index in [9.17, 15) is 0 Å². The third-order valence-electron chi connectivity index (χ3n) is 8.03. The molecule has 0 unspecified atom stereocenters. The Hall–Kier alpha value is -3.60. The van der Waals surface area contributed by atoms with Gasteiger partial charge in [-0.05, 0) is 70.8 Å². The average molecular weight is 616 g/mol. The van der Waals surface area contributed by atoms with Crippen LogP contribution in [0.25, 0.3) is 43.5 Å². The molecule has 0 aliphatic carbocycles. The van der Waals surface area contributed by atoms with Crippen LogP contribution in [0.15, 0.2) is 149 Å². The maximum absolute atomic E-state index is 7.18. The average Bonchev–Trinajstić information content (AvgIpc) is 3.25. The van der Waals surface area contributed by atoms with Gasteiger partial charge in [-0.3, -0.25) is 0 Å². The number of piperidine rings is 1. The van der Waals surface area contributed by atoms with Gasteiger partial charge in [-0.2, -0.15) is 0 Å². The van der Waals surface area contributed by atoms with Crippen LogP contribution in [0.1, 0.15) is 19.3 Å². The molecule has 6 heteroatoms. The lowest BCUT2D eigenvalue weighted by Crippen LogP contribution is -2.26. The number of fused-ring (bicyclic) bond motifs is 7. The SMILES string of the molecule is c1ccc(Sc2cc3ccccc3c3c2op(N2CCCCC2)oc2c(Sc4ccccc4)cc4ccccc4c23)cc1. The molecule has 1 saturated heterocycles. The van der Waals surface area contributed by atoms with Gasteiger partial charge in [-0.1, -0.05) is 115 Å². The van der Waals surface area contributed by atoms with Gasteiger partial charge in [0.15, 0.2) is 11.2 Å². The second kappa shape index (κ2) is 11.8. The summed E-state index contributed by atoms with van der Waals surface area (Å²) in [6.07, 6.45) is 3.59. The van der Waals surface area contributed by atoms with Crippen molar-refractivity contribution in [2.75, 3.05) is 17.8 Å². The predicted octanol–water partition coefficient (Wildman–Crippen LogP) is 12.0. The minimum absolute atomic E-state index is 0.926. The van der Waals surface area contributed by atoms with E-state index in [1.807, 2.05) is 0 Å². The van der Waals surface area contributed by atoms with Gasteiger partial charge in [-0.25, -0.2) is 4.67 Å². The van der Waals surface area contributed by atoms with Crippen molar-refractivity contribution in [3.8, 4) is 0 Å². The molecule has 0 amide bonds. The van der Waals surface area contributed by atoms with Crippen molar-refractivity contribution in [1.29, 1.82) is 0 Å². The highest BCUT2D eigenvalue weighted by Gasteiger charge is 2.23. The zero-order valence-electron chi connectivity index (χ0n) is 23.6. The summed E-state index contributed by atoms with van der Waals surface area (Å²) in [5.74, 6) is 0. The zero-order valence-corrected chi connectivity index (χ0v) is 26.1. The standard InChI is InChI=1S/C37H30NO2PS2/c1-4-16-28(17-5-1)42-32-24-26-14-8-10-20-30(26)34-35-31-21-11-9-15-27(31)25-33(43-29-18-6-2-7-19-29)37(35)40-41(39-36(32)34)38-22-12-3-13-23-38/h1-2,4-11,14-21,24-25H,3,12-13,22-23H2. The molecule has 1 aliphatic rings. The van der Waals surface area contributed by atoms with Gasteiger partial charge in [0, 0.05) is 33.7 Å². The largest absolute Gasteiger partial charge is 0.407 e. The van der Waals surface area contributed by atoms with Gasteiger partial charge in [0.25, 0.3) is 0 Å². The summed E-state index contributed by atoms with van der Waals surface area (Å²) in [6.45, 7) is 1.97. The van der Waals surface area contributed by atoms with E-state index >= 15 is 0 Å². The van der Waals surface area contributed by atoms with Crippen LogP contribution in [0, 0.1) is 0 Å². The highest BCUT2D eigenvalue weighted by atomic mass is 32.2. The number of hydrogen-bond donors (Lipinski definition) is 0. The maximum Gasteiger partial charge on any atom is 0.309 e. The fraction of sp³-hybridized carbons (Fsp3) is 0.135. The highest BCUT2D eigenvalue weighted by Crippen LogP contribution is 2.49. The van der Waals surface area contributed by atoms with E-state index in [0.29, 0.717) is 0 Å². The third kappa shape index (κ3) is 5.25. The van der Waals surface area contributed by atoms with Gasteiger partial charge < -0.3 is 8.39 Å². The molecular weight excluding hydrogens is 586 g/mol. The Labute approximate surface area is 260 Å². The number of benzene rings is 6. The molecular formula is C37H30NO2PS2. The molecule has 2 heterocycles. The first kappa shape index (κ1) is 27.0. The van der Waals surface area contributed by atoms with Crippen molar-refractivity contribution in [2.45, 2.75) is 38.8 Å². The Morgan fingerprint density at radius 3 is 1.44 bits per heavy atom. The quantitative estimate of drug-likeness (QED) is 0.192. The summed E-state index contributed by atoms with van der Waals surface area (Å²) < 4.78 is 16.8. The van der Waals surface area contributed by atoms with Crippen molar-refractivity contribution >= 4 is 75.2 Å². The van der Waals surface area contributed by atoms with Crippen molar-refractivity contribution in [3.63, 3.8) is 0 Å². The van der Waals surface area contributed by atoms with Gasteiger partial charge in [-0.15, -0.1) is 0 Å². The molecule has 0 saturated carbocycles. The first-order valence-electron chi connectivity index (χ1n) is 14.8. The molecule has 0 bridgehead atoms. The van der Waals surface area contributed by atoms with E-state index < -0.39 is 8.16 Å². The van der Waals surface area contributed by atoms with Gasteiger partial charge >= 0.3 is 8.16 Å². The Balaban J connectivity index is 1.56. The molecule has 1 fully saturated rings. The Kier molecular flexibility index (Phi) is 7.42. The molecule has 3 nitrogen and oxygen atoms in total. The van der Waals surface area contributed by atoms with E-state index in [2.05, 4.69) is 126 Å². The Bertz CT molecular complexity index is 1980. The molecule has 8 rings (SSSR count). The normalized spacial score (nSPS) is 14.1. The summed E-state index contributed by atoms with van der Waals surface area (Å²) >= 11 is 3.54. The van der Waals surface area contributed by atoms with Gasteiger partial charge in [0.05, 0.1) is 9.79 Å². The Morgan fingerprint density at radius 1 is 0.512 bits per heavy atom. The van der Waals surface area contributed by atoms with Crippen LogP contribution in [-0.4, -0.2) is 13.1 Å². The van der Waals surface area contributed by atoms with Gasteiger partial charge in [0.1, 0.15) is 0 Å². The lowest BCUT2D eigenvalue weighted by molar-refractivity contribution is 0.557. The summed E-state index contributed by atoms with van der Waals surface area (Å²) in [4.78, 5) is 4.61. The van der Waals surface area contributed by atoms with Crippen molar-refractivity contribution in [1.82, 2.24) is 0 Å². The lowest BCUT2D eigenvalue weighted by atomic mass is 9.98. The van der Waals surface area contributed by atoms with E-state index in [0.717, 1.165) is 57.7 Å². The highest BCUT2D eigenvalue weighted by molar-refractivity contribution is 7.99. The minimum atomic E-state index is -1.38. The second-order valence-electron chi connectivity index (χ2n) is 10.9. The van der Waals surface area contributed by atoms with Crippen LogP contribution in [0.2, 0.25) is 0 Å². The van der Waals surface area contributed by atoms with E-state index in [4.69, 9.17) is 8.39 Å². The predicted molar refractivity (Wildman–Crippen MR) is 184 cm³/mol. The summed E-state index contributed by atoms with van der Waals surface area (Å²) in [7, 11) is -1.38. The zero-order chi connectivity index (χ0) is 28.6. The molecule has 1 aromatic heterocycles. The van der Waals surface area contributed by atoms with E-state index in [-0.39, 0.29) is 0 Å². The molecule has 0 atom stereocenters. The van der Waals surface area contributed by atoms with Crippen molar-refractivity contribution in [3.05, 3.63) is 121 Å². The molecule has 43 heavy (non-hydrogen) atoms. The number of hydrogen-bond acceptors (Lipinski definition) is 5. The second-order valence-corrected chi connectivity index (χ2v) is 14.5. The van der Waals surface area contributed by atoms with Crippen LogP contribution in [-0.2, 0) is 0 Å². The van der Waals surface area contributed by atoms with Crippen LogP contribution >= 0.6 is 31.7 Å². The van der Waals surface area contributed by atoms with Crippen LogP contribution in [0.5, 0.6) is 0 Å². The fourth-order valence-electron chi connectivity index (χ4n) is 6.00. The smallest absolute Gasteiger partial charge is 0.309 e. The Morgan fingerprint density at radius 2 is 0.953 bits per heavy atom. The molecule has 7 aromatic rings. The topological polar surface area (TPSA) is 29.5 Å². The summed E-state index contributed by atoms with van der Waals surface area (Å²) in [5.41, 5.74) is 1.85. The molecule has 0 spiro atoms. The third-order valence-corrected chi connectivity index (χ3v) is 11.6. The van der Waals surface area contributed by atoms with E-state index in [1.54, 1.807) is 23.5 Å². The fourth-order valence-corrected chi connectivity index (χ4v) is 9.63. The molecule has 212 valence electrons. The summed E-state index contributed by atoms with van der Waals surface area (Å²) in [5, 5.41) is 7.01. The molecule has 6 aromatic carbocycles. The number of rotatable bonds is 5. The maximum atomic E-state index is 7.18. The molecule has 1 aliphatic heterocycles. The van der Waals surface area contributed by atoms with E-state index in [1.165, 1.54) is 37.8 Å². The van der Waals surface area contributed by atoms with Crippen LogP contribution in [0.4, 0.5) is 0 Å². The number of nitrogens with zero attached hydrogens (tertiary/aromatic N) is 1. The van der Waals surface area contributed by atoms with Crippen LogP contribution < -0.4 is 4.67 Å². The summed E-state index contributed by atoms with van der Waals surface area (Å²) in [6, 6.07) is 43.2. The van der Waals surface area contributed by atoms with Crippen molar-refractivity contribution in [2.24, 2.45) is 0 Å². The van der Waals surface area contributed by atoms with Crippen LogP contribution in [0.3, 0.4) is 0 Å². The first-order chi connectivity index (χ1) is 21.3. The molecule has 0 N–H and O–H groups in total. The lowest BCUT2D eigenvalue weighted by Gasteiger charge is -2.22. The van der Waals surface area contributed by atoms with Crippen molar-refractivity contribution < 1.29 is 8.39 Å².